The van der Waals surface area contributed by atoms with Crippen molar-refractivity contribution in [3.63, 3.8) is 0 Å². The average molecular weight is 272 g/mol. The number of aromatic nitrogens is 2. The lowest BCUT2D eigenvalue weighted by Gasteiger charge is -2.24. The molecule has 6 heteroatoms. The Morgan fingerprint density at radius 2 is 2.17 bits per heavy atom. The third-order valence-corrected chi connectivity index (χ3v) is 2.60. The van der Waals surface area contributed by atoms with Crippen LogP contribution in [0.3, 0.4) is 0 Å². The minimum Gasteiger partial charge on any atom is -0.465 e. The standard InChI is InChI=1S/C12H18ClN3O2/c1-4-18-12(17)8-16(9(2)3)7-10-5-15-11(13)6-14-10/h5-6,9H,4,7-8H2,1-3H3. The number of hydrogen-bond donors (Lipinski definition) is 0. The van der Waals surface area contributed by atoms with E-state index in [1.165, 1.54) is 6.20 Å². The SMILES string of the molecule is CCOC(=O)CN(Cc1cnc(Cl)cn1)C(C)C. The minimum atomic E-state index is -0.229. The molecule has 0 aromatic carbocycles. The second-order valence-corrected chi connectivity index (χ2v) is 4.52. The fraction of sp³-hybridized carbons (Fsp3) is 0.583. The van der Waals surface area contributed by atoms with Gasteiger partial charge in [-0.05, 0) is 20.8 Å². The number of rotatable bonds is 6. The molecule has 0 aliphatic carbocycles. The first-order valence-electron chi connectivity index (χ1n) is 5.89. The van der Waals surface area contributed by atoms with Crippen LogP contribution in [0.5, 0.6) is 0 Å². The van der Waals surface area contributed by atoms with E-state index in [2.05, 4.69) is 9.97 Å². The van der Waals surface area contributed by atoms with Crippen LogP contribution in [0.4, 0.5) is 0 Å². The molecule has 0 bridgehead atoms. The van der Waals surface area contributed by atoms with Gasteiger partial charge in [0.05, 0.1) is 31.2 Å². The number of carbonyl (C=O) groups is 1. The van der Waals surface area contributed by atoms with Gasteiger partial charge in [-0.1, -0.05) is 11.6 Å². The summed E-state index contributed by atoms with van der Waals surface area (Å²) in [6.07, 6.45) is 3.11. The van der Waals surface area contributed by atoms with Crippen LogP contribution < -0.4 is 0 Å². The van der Waals surface area contributed by atoms with E-state index in [1.807, 2.05) is 18.7 Å². The number of esters is 1. The predicted octanol–water partition coefficient (Wildman–Crippen LogP) is 1.90. The van der Waals surface area contributed by atoms with E-state index >= 15 is 0 Å². The fourth-order valence-corrected chi connectivity index (χ4v) is 1.52. The number of nitrogens with zero attached hydrogens (tertiary/aromatic N) is 3. The number of halogens is 1. The molecular formula is C12H18ClN3O2. The maximum atomic E-state index is 11.5. The zero-order valence-corrected chi connectivity index (χ0v) is 11.6. The van der Waals surface area contributed by atoms with Gasteiger partial charge in [0.1, 0.15) is 5.15 Å². The summed E-state index contributed by atoms with van der Waals surface area (Å²) in [5.41, 5.74) is 0.775. The summed E-state index contributed by atoms with van der Waals surface area (Å²) < 4.78 is 4.94. The Kier molecular flexibility index (Phi) is 6.01. The molecule has 0 aliphatic rings. The molecular weight excluding hydrogens is 254 g/mol. The Labute approximate surface area is 112 Å². The van der Waals surface area contributed by atoms with E-state index < -0.39 is 0 Å². The van der Waals surface area contributed by atoms with Crippen molar-refractivity contribution in [1.82, 2.24) is 14.9 Å². The molecule has 1 heterocycles. The van der Waals surface area contributed by atoms with E-state index in [-0.39, 0.29) is 18.6 Å². The molecule has 0 aliphatic heterocycles. The van der Waals surface area contributed by atoms with Gasteiger partial charge >= 0.3 is 5.97 Å². The maximum absolute atomic E-state index is 11.5. The summed E-state index contributed by atoms with van der Waals surface area (Å²) in [5, 5.41) is 0.361. The van der Waals surface area contributed by atoms with Gasteiger partial charge in [0.2, 0.25) is 0 Å². The predicted molar refractivity (Wildman–Crippen MR) is 69.2 cm³/mol. The minimum absolute atomic E-state index is 0.215. The lowest BCUT2D eigenvalue weighted by molar-refractivity contribution is -0.145. The van der Waals surface area contributed by atoms with E-state index in [0.717, 1.165) is 5.69 Å². The Morgan fingerprint density at radius 3 is 2.67 bits per heavy atom. The van der Waals surface area contributed by atoms with Crippen LogP contribution in [0.2, 0.25) is 5.15 Å². The highest BCUT2D eigenvalue weighted by atomic mass is 35.5. The van der Waals surface area contributed by atoms with E-state index in [0.29, 0.717) is 18.3 Å². The van der Waals surface area contributed by atoms with Gasteiger partial charge < -0.3 is 4.74 Å². The monoisotopic (exact) mass is 271 g/mol. The molecule has 100 valence electrons. The Hall–Kier alpha value is -1.20. The maximum Gasteiger partial charge on any atom is 0.320 e. The van der Waals surface area contributed by atoms with Crippen LogP contribution in [-0.4, -0.2) is 40.0 Å². The van der Waals surface area contributed by atoms with Crippen LogP contribution in [0.25, 0.3) is 0 Å². The van der Waals surface area contributed by atoms with Crippen molar-refractivity contribution in [2.75, 3.05) is 13.2 Å². The molecule has 0 saturated heterocycles. The average Bonchev–Trinajstić information content (AvgIpc) is 2.31. The molecule has 5 nitrogen and oxygen atoms in total. The van der Waals surface area contributed by atoms with Gasteiger partial charge in [-0.2, -0.15) is 0 Å². The molecule has 0 amide bonds. The molecule has 0 fully saturated rings. The summed E-state index contributed by atoms with van der Waals surface area (Å²) in [4.78, 5) is 21.6. The van der Waals surface area contributed by atoms with Crippen molar-refractivity contribution in [2.45, 2.75) is 33.4 Å². The largest absolute Gasteiger partial charge is 0.465 e. The van der Waals surface area contributed by atoms with E-state index in [4.69, 9.17) is 16.3 Å². The van der Waals surface area contributed by atoms with Crippen LogP contribution in [-0.2, 0) is 16.1 Å². The fourth-order valence-electron chi connectivity index (χ4n) is 1.42. The molecule has 1 aromatic rings. The number of carbonyl (C=O) groups excluding carboxylic acids is 1. The summed E-state index contributed by atoms with van der Waals surface area (Å²) in [6, 6.07) is 0.215. The molecule has 18 heavy (non-hydrogen) atoms. The van der Waals surface area contributed by atoms with Crippen LogP contribution in [0.15, 0.2) is 12.4 Å². The Morgan fingerprint density at radius 1 is 1.44 bits per heavy atom. The van der Waals surface area contributed by atoms with Gasteiger partial charge in [0, 0.05) is 12.6 Å². The zero-order valence-electron chi connectivity index (χ0n) is 10.9. The van der Waals surface area contributed by atoms with Gasteiger partial charge in [-0.3, -0.25) is 14.7 Å². The topological polar surface area (TPSA) is 55.3 Å². The first kappa shape index (κ1) is 14.9. The zero-order chi connectivity index (χ0) is 13.5. The van der Waals surface area contributed by atoms with Gasteiger partial charge in [-0.15, -0.1) is 0 Å². The lowest BCUT2D eigenvalue weighted by atomic mass is 10.3. The molecule has 1 aromatic heterocycles. The summed E-state index contributed by atoms with van der Waals surface area (Å²) in [6.45, 7) is 7.01. The summed E-state index contributed by atoms with van der Waals surface area (Å²) >= 11 is 5.67. The molecule has 1 rings (SSSR count). The van der Waals surface area contributed by atoms with Gasteiger partial charge in [0.15, 0.2) is 0 Å². The van der Waals surface area contributed by atoms with Crippen LogP contribution in [0.1, 0.15) is 26.5 Å². The normalized spacial score (nSPS) is 11.0. The van der Waals surface area contributed by atoms with Crippen molar-refractivity contribution < 1.29 is 9.53 Å². The number of ether oxygens (including phenoxy) is 1. The van der Waals surface area contributed by atoms with Crippen LogP contribution in [0, 0.1) is 0 Å². The van der Waals surface area contributed by atoms with E-state index in [1.54, 1.807) is 13.1 Å². The molecule has 0 spiro atoms. The first-order valence-corrected chi connectivity index (χ1v) is 6.26. The van der Waals surface area contributed by atoms with Crippen molar-refractivity contribution in [1.29, 1.82) is 0 Å². The second kappa shape index (κ2) is 7.28. The van der Waals surface area contributed by atoms with Crippen molar-refractivity contribution >= 4 is 17.6 Å². The lowest BCUT2D eigenvalue weighted by Crippen LogP contribution is -2.36. The Bertz CT molecular complexity index is 381. The third-order valence-electron chi connectivity index (χ3n) is 2.41. The number of hydrogen-bond acceptors (Lipinski definition) is 5. The molecule has 0 atom stereocenters. The van der Waals surface area contributed by atoms with Gasteiger partial charge in [-0.25, -0.2) is 4.98 Å². The van der Waals surface area contributed by atoms with Crippen LogP contribution >= 0.6 is 11.6 Å². The molecule has 0 radical (unpaired) electrons. The quantitative estimate of drug-likeness (QED) is 0.740. The third kappa shape index (κ3) is 4.98. The molecule has 0 saturated carbocycles. The van der Waals surface area contributed by atoms with Crippen molar-refractivity contribution in [3.05, 3.63) is 23.2 Å². The highest BCUT2D eigenvalue weighted by Gasteiger charge is 2.15. The smallest absolute Gasteiger partial charge is 0.320 e. The second-order valence-electron chi connectivity index (χ2n) is 4.13. The first-order chi connectivity index (χ1) is 8.52. The highest BCUT2D eigenvalue weighted by Crippen LogP contribution is 2.07. The molecule has 0 N–H and O–H groups in total. The van der Waals surface area contributed by atoms with Crippen molar-refractivity contribution in [3.8, 4) is 0 Å². The summed E-state index contributed by atoms with van der Waals surface area (Å²) in [7, 11) is 0. The van der Waals surface area contributed by atoms with Crippen molar-refractivity contribution in [2.24, 2.45) is 0 Å². The van der Waals surface area contributed by atoms with E-state index in [9.17, 15) is 4.79 Å². The Balaban J connectivity index is 2.62. The van der Waals surface area contributed by atoms with Gasteiger partial charge in [0.25, 0.3) is 0 Å². The summed E-state index contributed by atoms with van der Waals surface area (Å²) in [5.74, 6) is -0.229. The molecule has 0 unspecified atom stereocenters. The highest BCUT2D eigenvalue weighted by molar-refractivity contribution is 6.29.